The Balaban J connectivity index is 1.97. The van der Waals surface area contributed by atoms with E-state index in [2.05, 4.69) is 17.1 Å². The lowest BCUT2D eigenvalue weighted by molar-refractivity contribution is 0.0956. The molecule has 0 bridgehead atoms. The summed E-state index contributed by atoms with van der Waals surface area (Å²) in [4.78, 5) is 14.8. The second kappa shape index (κ2) is 8.15. The molecule has 4 heteroatoms. The number of hydrogen-bond acceptors (Lipinski definition) is 4. The Morgan fingerprint density at radius 2 is 2.10 bits per heavy atom. The van der Waals surface area contributed by atoms with E-state index in [0.717, 1.165) is 56.0 Å². The van der Waals surface area contributed by atoms with E-state index >= 15 is 0 Å². The van der Waals surface area contributed by atoms with Gasteiger partial charge in [-0.05, 0) is 25.5 Å². The summed E-state index contributed by atoms with van der Waals surface area (Å²) < 4.78 is 5.71. The van der Waals surface area contributed by atoms with Crippen molar-refractivity contribution in [3.05, 3.63) is 29.3 Å². The van der Waals surface area contributed by atoms with Gasteiger partial charge in [-0.2, -0.15) is 0 Å². The van der Waals surface area contributed by atoms with Crippen LogP contribution in [0.25, 0.3) is 0 Å². The molecule has 0 unspecified atom stereocenters. The molecule has 0 amide bonds. The average Bonchev–Trinajstić information content (AvgIpc) is 2.52. The lowest BCUT2D eigenvalue weighted by atomic mass is 10.0. The fourth-order valence-corrected chi connectivity index (χ4v) is 2.53. The molecular formula is C17H26N2O2. The quantitative estimate of drug-likeness (QED) is 0.782. The smallest absolute Gasteiger partial charge is 0.167 e. The first-order valence-electron chi connectivity index (χ1n) is 7.90. The Bertz CT molecular complexity index is 468. The molecule has 1 aromatic carbocycles. The molecule has 4 nitrogen and oxygen atoms in total. The van der Waals surface area contributed by atoms with Crippen molar-refractivity contribution in [1.82, 2.24) is 10.2 Å². The summed E-state index contributed by atoms with van der Waals surface area (Å²) in [6.07, 6.45) is 1.51. The molecule has 116 valence electrons. The summed E-state index contributed by atoms with van der Waals surface area (Å²) >= 11 is 0. The molecule has 1 heterocycles. The minimum absolute atomic E-state index is 0.184. The molecule has 1 N–H and O–H groups in total. The molecule has 0 saturated carbocycles. The van der Waals surface area contributed by atoms with Gasteiger partial charge in [0, 0.05) is 39.1 Å². The highest BCUT2D eigenvalue weighted by molar-refractivity contribution is 5.99. The largest absolute Gasteiger partial charge is 0.493 e. The van der Waals surface area contributed by atoms with Crippen molar-refractivity contribution in [3.63, 3.8) is 0 Å². The van der Waals surface area contributed by atoms with E-state index in [1.807, 2.05) is 25.1 Å². The third-order valence-electron chi connectivity index (χ3n) is 3.76. The number of rotatable bonds is 7. The summed E-state index contributed by atoms with van der Waals surface area (Å²) in [6.45, 7) is 9.66. The minimum atomic E-state index is 0.184. The van der Waals surface area contributed by atoms with Gasteiger partial charge < -0.3 is 15.0 Å². The van der Waals surface area contributed by atoms with Gasteiger partial charge in [0.15, 0.2) is 5.78 Å². The monoisotopic (exact) mass is 290 g/mol. The second-order valence-corrected chi connectivity index (χ2v) is 5.61. The Kier molecular flexibility index (Phi) is 6.21. The summed E-state index contributed by atoms with van der Waals surface area (Å²) in [6, 6.07) is 5.87. The zero-order valence-corrected chi connectivity index (χ0v) is 13.2. The van der Waals surface area contributed by atoms with E-state index in [0.29, 0.717) is 13.0 Å². The van der Waals surface area contributed by atoms with Crippen molar-refractivity contribution in [1.29, 1.82) is 0 Å². The van der Waals surface area contributed by atoms with Crippen molar-refractivity contribution >= 4 is 5.78 Å². The van der Waals surface area contributed by atoms with E-state index in [4.69, 9.17) is 4.74 Å². The van der Waals surface area contributed by atoms with Crippen molar-refractivity contribution in [2.45, 2.75) is 26.7 Å². The number of nitrogens with one attached hydrogen (secondary N) is 1. The van der Waals surface area contributed by atoms with Crippen LogP contribution in [0.15, 0.2) is 18.2 Å². The van der Waals surface area contributed by atoms with Crippen LogP contribution in [0.3, 0.4) is 0 Å². The standard InChI is InChI=1S/C17H26N2O2/c1-3-12-21-17-5-4-14(2)13-15(17)16(20)6-9-19-10-7-18-8-11-19/h4-5,13,18H,3,6-12H2,1-2H3. The third kappa shape index (κ3) is 4.83. The molecule has 0 atom stereocenters. The first-order valence-corrected chi connectivity index (χ1v) is 7.90. The van der Waals surface area contributed by atoms with Crippen LogP contribution >= 0.6 is 0 Å². The van der Waals surface area contributed by atoms with Crippen molar-refractivity contribution < 1.29 is 9.53 Å². The van der Waals surface area contributed by atoms with Gasteiger partial charge in [-0.15, -0.1) is 0 Å². The van der Waals surface area contributed by atoms with Crippen LogP contribution in [0.2, 0.25) is 0 Å². The molecule has 0 aliphatic carbocycles. The summed E-state index contributed by atoms with van der Waals surface area (Å²) in [5.41, 5.74) is 1.84. The van der Waals surface area contributed by atoms with Crippen LogP contribution in [0.1, 0.15) is 35.7 Å². The van der Waals surface area contributed by atoms with Gasteiger partial charge in [0.25, 0.3) is 0 Å². The van der Waals surface area contributed by atoms with E-state index in [1.165, 1.54) is 0 Å². The molecule has 0 spiro atoms. The van der Waals surface area contributed by atoms with Crippen LogP contribution < -0.4 is 10.1 Å². The number of ketones is 1. The summed E-state index contributed by atoms with van der Waals surface area (Å²) in [7, 11) is 0. The summed E-state index contributed by atoms with van der Waals surface area (Å²) in [5.74, 6) is 0.913. The van der Waals surface area contributed by atoms with Crippen molar-refractivity contribution in [2.75, 3.05) is 39.3 Å². The van der Waals surface area contributed by atoms with E-state index in [1.54, 1.807) is 0 Å². The number of Topliss-reactive ketones (excluding diaryl/α,β-unsaturated/α-hetero) is 1. The van der Waals surface area contributed by atoms with Crippen LogP contribution in [0.4, 0.5) is 0 Å². The molecule has 1 saturated heterocycles. The van der Waals surface area contributed by atoms with Gasteiger partial charge in [-0.1, -0.05) is 18.6 Å². The van der Waals surface area contributed by atoms with Crippen LogP contribution in [-0.2, 0) is 0 Å². The van der Waals surface area contributed by atoms with Gasteiger partial charge in [0.05, 0.1) is 12.2 Å². The topological polar surface area (TPSA) is 41.6 Å². The van der Waals surface area contributed by atoms with E-state index < -0.39 is 0 Å². The summed E-state index contributed by atoms with van der Waals surface area (Å²) in [5, 5.41) is 3.33. The molecule has 1 fully saturated rings. The third-order valence-corrected chi connectivity index (χ3v) is 3.76. The predicted octanol–water partition coefficient (Wildman–Crippen LogP) is 2.26. The number of ether oxygens (including phenoxy) is 1. The van der Waals surface area contributed by atoms with E-state index in [-0.39, 0.29) is 5.78 Å². The van der Waals surface area contributed by atoms with Crippen LogP contribution in [-0.4, -0.2) is 50.0 Å². The lowest BCUT2D eigenvalue weighted by Crippen LogP contribution is -2.44. The number of aryl methyl sites for hydroxylation is 1. The Hall–Kier alpha value is -1.39. The Morgan fingerprint density at radius 3 is 2.81 bits per heavy atom. The zero-order valence-electron chi connectivity index (χ0n) is 13.2. The van der Waals surface area contributed by atoms with Crippen LogP contribution in [0, 0.1) is 6.92 Å². The second-order valence-electron chi connectivity index (χ2n) is 5.61. The first kappa shape index (κ1) is 16.0. The van der Waals surface area contributed by atoms with Gasteiger partial charge in [-0.25, -0.2) is 0 Å². The Morgan fingerprint density at radius 1 is 1.33 bits per heavy atom. The molecule has 2 rings (SSSR count). The molecule has 1 aliphatic heterocycles. The molecule has 0 aromatic heterocycles. The normalized spacial score (nSPS) is 15.9. The van der Waals surface area contributed by atoms with Crippen LogP contribution in [0.5, 0.6) is 5.75 Å². The SMILES string of the molecule is CCCOc1ccc(C)cc1C(=O)CCN1CCNCC1. The molecular weight excluding hydrogens is 264 g/mol. The zero-order chi connectivity index (χ0) is 15.1. The molecule has 0 radical (unpaired) electrons. The molecule has 1 aromatic rings. The van der Waals surface area contributed by atoms with Crippen molar-refractivity contribution in [3.8, 4) is 5.75 Å². The fourth-order valence-electron chi connectivity index (χ4n) is 2.53. The first-order chi connectivity index (χ1) is 10.2. The van der Waals surface area contributed by atoms with Gasteiger partial charge in [0.2, 0.25) is 0 Å². The highest BCUT2D eigenvalue weighted by Gasteiger charge is 2.16. The van der Waals surface area contributed by atoms with Crippen molar-refractivity contribution in [2.24, 2.45) is 0 Å². The number of benzene rings is 1. The maximum atomic E-state index is 12.5. The number of carbonyl (C=O) groups is 1. The van der Waals surface area contributed by atoms with Gasteiger partial charge in [0.1, 0.15) is 5.75 Å². The number of carbonyl (C=O) groups excluding carboxylic acids is 1. The maximum absolute atomic E-state index is 12.5. The minimum Gasteiger partial charge on any atom is -0.493 e. The highest BCUT2D eigenvalue weighted by atomic mass is 16.5. The number of nitrogens with zero attached hydrogens (tertiary/aromatic N) is 1. The highest BCUT2D eigenvalue weighted by Crippen LogP contribution is 2.22. The number of hydrogen-bond donors (Lipinski definition) is 1. The predicted molar refractivity (Wildman–Crippen MR) is 85.2 cm³/mol. The molecule has 1 aliphatic rings. The lowest BCUT2D eigenvalue weighted by Gasteiger charge is -2.26. The van der Waals surface area contributed by atoms with E-state index in [9.17, 15) is 4.79 Å². The van der Waals surface area contributed by atoms with Gasteiger partial charge >= 0.3 is 0 Å². The Labute approximate surface area is 127 Å². The average molecular weight is 290 g/mol. The van der Waals surface area contributed by atoms with Gasteiger partial charge in [-0.3, -0.25) is 4.79 Å². The molecule has 21 heavy (non-hydrogen) atoms. The fraction of sp³-hybridized carbons (Fsp3) is 0.588. The number of piperazine rings is 1. The maximum Gasteiger partial charge on any atom is 0.167 e.